The molecule has 0 amide bonds. The van der Waals surface area contributed by atoms with Crippen molar-refractivity contribution in [1.82, 2.24) is 0 Å². The van der Waals surface area contributed by atoms with Gasteiger partial charge in [0.05, 0.1) is 12.6 Å². The van der Waals surface area contributed by atoms with E-state index in [1.165, 1.54) is 16.0 Å². The Labute approximate surface area is 124 Å². The Morgan fingerprint density at radius 1 is 1.10 bits per heavy atom. The highest BCUT2D eigenvalue weighted by molar-refractivity contribution is 7.98. The lowest BCUT2D eigenvalue weighted by molar-refractivity contribution is 0.284. The second-order valence-electron chi connectivity index (χ2n) is 5.01. The van der Waals surface area contributed by atoms with Gasteiger partial charge in [0.2, 0.25) is 0 Å². The molecule has 1 aliphatic heterocycles. The van der Waals surface area contributed by atoms with E-state index in [0.29, 0.717) is 0 Å². The summed E-state index contributed by atoms with van der Waals surface area (Å²) in [6, 6.07) is 14.5. The van der Waals surface area contributed by atoms with Crippen molar-refractivity contribution >= 4 is 11.8 Å². The van der Waals surface area contributed by atoms with E-state index in [9.17, 15) is 0 Å². The van der Waals surface area contributed by atoms with Gasteiger partial charge in [-0.1, -0.05) is 36.4 Å². The predicted molar refractivity (Wildman–Crippen MR) is 84.5 cm³/mol. The lowest BCUT2D eigenvalue weighted by Crippen LogP contribution is -2.17. The Bertz CT molecular complexity index is 612. The highest BCUT2D eigenvalue weighted by Crippen LogP contribution is 2.36. The van der Waals surface area contributed by atoms with Crippen molar-refractivity contribution in [2.45, 2.75) is 23.8 Å². The molecule has 0 saturated heterocycles. The van der Waals surface area contributed by atoms with Crippen LogP contribution in [0.25, 0.3) is 0 Å². The van der Waals surface area contributed by atoms with E-state index in [1.807, 2.05) is 6.07 Å². The van der Waals surface area contributed by atoms with Crippen LogP contribution in [-0.2, 0) is 6.42 Å². The number of ether oxygens (including phenoxy) is 1. The molecule has 1 unspecified atom stereocenters. The third-order valence-corrected chi connectivity index (χ3v) is 4.58. The van der Waals surface area contributed by atoms with Crippen molar-refractivity contribution in [3.8, 4) is 5.75 Å². The maximum atomic E-state index is 6.52. The van der Waals surface area contributed by atoms with Crippen LogP contribution >= 0.6 is 11.8 Å². The molecule has 0 aromatic heterocycles. The quantitative estimate of drug-likeness (QED) is 0.872. The van der Waals surface area contributed by atoms with Gasteiger partial charge in [-0.15, -0.1) is 11.8 Å². The zero-order valence-corrected chi connectivity index (χ0v) is 12.5. The van der Waals surface area contributed by atoms with Gasteiger partial charge >= 0.3 is 0 Å². The summed E-state index contributed by atoms with van der Waals surface area (Å²) in [5.74, 6) is 1.00. The van der Waals surface area contributed by atoms with Crippen LogP contribution in [0.4, 0.5) is 0 Å². The minimum absolute atomic E-state index is 0.133. The minimum Gasteiger partial charge on any atom is -0.493 e. The summed E-state index contributed by atoms with van der Waals surface area (Å²) in [5.41, 5.74) is 10.1. The third kappa shape index (κ3) is 2.43. The number of aryl methyl sites for hydroxylation is 1. The summed E-state index contributed by atoms with van der Waals surface area (Å²) < 4.78 is 5.88. The van der Waals surface area contributed by atoms with Gasteiger partial charge in [-0.05, 0) is 36.3 Å². The Morgan fingerprint density at radius 2 is 1.90 bits per heavy atom. The number of rotatable bonds is 3. The molecule has 1 aliphatic rings. The first kappa shape index (κ1) is 13.5. The maximum Gasteiger partial charge on any atom is 0.127 e. The van der Waals surface area contributed by atoms with Gasteiger partial charge in [-0.25, -0.2) is 0 Å². The first-order chi connectivity index (χ1) is 9.81. The molecule has 1 heterocycles. The summed E-state index contributed by atoms with van der Waals surface area (Å²) in [4.78, 5) is 1.23. The van der Waals surface area contributed by atoms with E-state index >= 15 is 0 Å². The van der Waals surface area contributed by atoms with Gasteiger partial charge in [0.15, 0.2) is 0 Å². The smallest absolute Gasteiger partial charge is 0.127 e. The molecule has 2 N–H and O–H groups in total. The van der Waals surface area contributed by atoms with E-state index in [4.69, 9.17) is 10.5 Å². The lowest BCUT2D eigenvalue weighted by atomic mass is 9.94. The topological polar surface area (TPSA) is 35.2 Å². The average molecular weight is 285 g/mol. The molecule has 1 atom stereocenters. The van der Waals surface area contributed by atoms with Gasteiger partial charge < -0.3 is 10.5 Å². The Hall–Kier alpha value is -1.45. The molecule has 2 aromatic rings. The second-order valence-corrected chi connectivity index (χ2v) is 5.86. The third-order valence-electron chi connectivity index (χ3n) is 3.77. The SMILES string of the molecule is CSc1ccccc1C(N)c1cccc2c1OCCC2. The molecular formula is C17H19NOS. The summed E-state index contributed by atoms with van der Waals surface area (Å²) >= 11 is 1.73. The summed E-state index contributed by atoms with van der Waals surface area (Å²) in [6.45, 7) is 0.793. The van der Waals surface area contributed by atoms with Gasteiger partial charge in [0.1, 0.15) is 5.75 Å². The highest BCUT2D eigenvalue weighted by Gasteiger charge is 2.21. The number of hydrogen-bond acceptors (Lipinski definition) is 3. The van der Waals surface area contributed by atoms with E-state index in [2.05, 4.69) is 42.7 Å². The molecule has 0 spiro atoms. The molecule has 2 nitrogen and oxygen atoms in total. The number of thioether (sulfide) groups is 1. The van der Waals surface area contributed by atoms with Gasteiger partial charge in [-0.2, -0.15) is 0 Å². The minimum atomic E-state index is -0.133. The van der Waals surface area contributed by atoms with Crippen molar-refractivity contribution in [3.63, 3.8) is 0 Å². The first-order valence-electron chi connectivity index (χ1n) is 6.94. The Balaban J connectivity index is 2.04. The van der Waals surface area contributed by atoms with Crippen LogP contribution in [0.3, 0.4) is 0 Å². The molecule has 3 rings (SSSR count). The standard InChI is InChI=1S/C17H19NOS/c1-20-15-10-3-2-8-13(15)16(18)14-9-4-6-12-7-5-11-19-17(12)14/h2-4,6,8-10,16H,5,7,11,18H2,1H3. The van der Waals surface area contributed by atoms with Gasteiger partial charge in [0.25, 0.3) is 0 Å². The summed E-state index contributed by atoms with van der Waals surface area (Å²) in [6.07, 6.45) is 4.26. The Morgan fingerprint density at radius 3 is 2.75 bits per heavy atom. The van der Waals surface area contributed by atoms with Crippen LogP contribution in [0.5, 0.6) is 5.75 Å². The Kier molecular flexibility index (Phi) is 3.99. The van der Waals surface area contributed by atoms with Crippen molar-refractivity contribution in [2.24, 2.45) is 5.73 Å². The van der Waals surface area contributed by atoms with E-state index in [1.54, 1.807) is 11.8 Å². The molecule has 104 valence electrons. The summed E-state index contributed by atoms with van der Waals surface area (Å²) in [7, 11) is 0. The number of para-hydroxylation sites is 1. The number of fused-ring (bicyclic) bond motifs is 1. The van der Waals surface area contributed by atoms with Crippen molar-refractivity contribution in [1.29, 1.82) is 0 Å². The lowest BCUT2D eigenvalue weighted by Gasteiger charge is -2.24. The fourth-order valence-electron chi connectivity index (χ4n) is 2.75. The molecule has 0 aliphatic carbocycles. The van der Waals surface area contributed by atoms with Crippen LogP contribution in [0.15, 0.2) is 47.4 Å². The number of hydrogen-bond donors (Lipinski definition) is 1. The number of nitrogens with two attached hydrogens (primary N) is 1. The largest absolute Gasteiger partial charge is 0.493 e. The molecule has 2 aromatic carbocycles. The average Bonchev–Trinajstić information content (AvgIpc) is 2.53. The molecule has 0 bridgehead atoms. The summed E-state index contributed by atoms with van der Waals surface area (Å²) in [5, 5.41) is 0. The second kappa shape index (κ2) is 5.90. The van der Waals surface area contributed by atoms with Crippen molar-refractivity contribution in [2.75, 3.05) is 12.9 Å². The molecule has 0 saturated carbocycles. The van der Waals surface area contributed by atoms with Gasteiger partial charge in [0, 0.05) is 10.5 Å². The van der Waals surface area contributed by atoms with Crippen LogP contribution < -0.4 is 10.5 Å². The zero-order chi connectivity index (χ0) is 13.9. The van der Waals surface area contributed by atoms with Crippen LogP contribution in [-0.4, -0.2) is 12.9 Å². The van der Waals surface area contributed by atoms with Crippen LogP contribution in [0.2, 0.25) is 0 Å². The van der Waals surface area contributed by atoms with E-state index < -0.39 is 0 Å². The molecule has 20 heavy (non-hydrogen) atoms. The monoisotopic (exact) mass is 285 g/mol. The molecule has 3 heteroatoms. The molecular weight excluding hydrogens is 266 g/mol. The van der Waals surface area contributed by atoms with Crippen LogP contribution in [0.1, 0.15) is 29.2 Å². The fraction of sp³-hybridized carbons (Fsp3) is 0.294. The van der Waals surface area contributed by atoms with E-state index in [0.717, 1.165) is 30.8 Å². The van der Waals surface area contributed by atoms with Crippen molar-refractivity contribution in [3.05, 3.63) is 59.2 Å². The van der Waals surface area contributed by atoms with Crippen LogP contribution in [0, 0.1) is 0 Å². The highest BCUT2D eigenvalue weighted by atomic mass is 32.2. The normalized spacial score (nSPS) is 15.3. The predicted octanol–water partition coefficient (Wildman–Crippen LogP) is 3.78. The maximum absolute atomic E-state index is 6.52. The molecule has 0 radical (unpaired) electrons. The first-order valence-corrected chi connectivity index (χ1v) is 8.17. The molecule has 0 fully saturated rings. The fourth-order valence-corrected chi connectivity index (χ4v) is 3.40. The zero-order valence-electron chi connectivity index (χ0n) is 11.6. The number of benzene rings is 2. The van der Waals surface area contributed by atoms with Gasteiger partial charge in [-0.3, -0.25) is 0 Å². The van der Waals surface area contributed by atoms with E-state index in [-0.39, 0.29) is 6.04 Å². The van der Waals surface area contributed by atoms with Crippen molar-refractivity contribution < 1.29 is 4.74 Å².